The standard InChI is InChI=1S/C20H23F3N4O2S/c1-14-4-2-5-16(10-14)27-19(29)13-30-12-18(28)25-9-3-8-24-17-7-6-15(11-26-17)20(21,22)23/h2,4-7,10-11H,3,8-9,12-13H2,1H3,(H,24,26)(H,25,28)(H,27,29). The summed E-state index contributed by atoms with van der Waals surface area (Å²) < 4.78 is 37.4. The van der Waals surface area contributed by atoms with E-state index in [1.807, 2.05) is 25.1 Å². The van der Waals surface area contributed by atoms with Crippen molar-refractivity contribution in [2.45, 2.75) is 19.5 Å². The number of amides is 2. The zero-order valence-corrected chi connectivity index (χ0v) is 17.2. The van der Waals surface area contributed by atoms with Gasteiger partial charge in [0.05, 0.1) is 17.1 Å². The fourth-order valence-electron chi connectivity index (χ4n) is 2.41. The van der Waals surface area contributed by atoms with Crippen LogP contribution in [0.25, 0.3) is 0 Å². The van der Waals surface area contributed by atoms with Crippen LogP contribution in [0.3, 0.4) is 0 Å². The zero-order valence-electron chi connectivity index (χ0n) is 16.4. The molecule has 0 spiro atoms. The number of rotatable bonds is 10. The van der Waals surface area contributed by atoms with Gasteiger partial charge < -0.3 is 16.0 Å². The maximum absolute atomic E-state index is 12.5. The van der Waals surface area contributed by atoms with Gasteiger partial charge in [-0.25, -0.2) is 4.98 Å². The molecule has 0 bridgehead atoms. The molecule has 162 valence electrons. The van der Waals surface area contributed by atoms with Crippen molar-refractivity contribution in [1.82, 2.24) is 10.3 Å². The normalized spacial score (nSPS) is 11.1. The number of aryl methyl sites for hydroxylation is 1. The van der Waals surface area contributed by atoms with Crippen LogP contribution < -0.4 is 16.0 Å². The Morgan fingerprint density at radius 1 is 1.07 bits per heavy atom. The highest BCUT2D eigenvalue weighted by molar-refractivity contribution is 8.00. The SMILES string of the molecule is Cc1cccc(NC(=O)CSCC(=O)NCCCNc2ccc(C(F)(F)F)cn2)c1. The molecule has 0 aliphatic rings. The van der Waals surface area contributed by atoms with Gasteiger partial charge in [0.2, 0.25) is 11.8 Å². The lowest BCUT2D eigenvalue weighted by molar-refractivity contribution is -0.137. The van der Waals surface area contributed by atoms with Crippen molar-refractivity contribution in [3.05, 3.63) is 53.7 Å². The minimum atomic E-state index is -4.41. The summed E-state index contributed by atoms with van der Waals surface area (Å²) >= 11 is 1.22. The molecule has 30 heavy (non-hydrogen) atoms. The molecule has 0 fully saturated rings. The lowest BCUT2D eigenvalue weighted by atomic mass is 10.2. The number of nitrogens with zero attached hydrogens (tertiary/aromatic N) is 1. The number of thioether (sulfide) groups is 1. The molecule has 2 amide bonds. The van der Waals surface area contributed by atoms with E-state index in [0.717, 1.165) is 23.5 Å². The molecule has 0 radical (unpaired) electrons. The van der Waals surface area contributed by atoms with Gasteiger partial charge in [0.15, 0.2) is 0 Å². The Morgan fingerprint density at radius 2 is 1.83 bits per heavy atom. The van der Waals surface area contributed by atoms with Crippen LogP contribution in [0.1, 0.15) is 17.5 Å². The molecule has 0 aliphatic heterocycles. The molecule has 1 aromatic heterocycles. The molecule has 0 atom stereocenters. The summed E-state index contributed by atoms with van der Waals surface area (Å²) in [5.74, 6) is 0.310. The Kier molecular flexibility index (Phi) is 8.97. The number of aromatic nitrogens is 1. The third-order valence-corrected chi connectivity index (χ3v) is 4.77. The van der Waals surface area contributed by atoms with Gasteiger partial charge in [0, 0.05) is 25.0 Å². The van der Waals surface area contributed by atoms with E-state index in [-0.39, 0.29) is 23.3 Å². The second-order valence-corrected chi connectivity index (χ2v) is 7.46. The number of pyridine rings is 1. The van der Waals surface area contributed by atoms with Gasteiger partial charge in [-0.3, -0.25) is 9.59 Å². The van der Waals surface area contributed by atoms with Crippen LogP contribution in [-0.4, -0.2) is 41.4 Å². The zero-order chi connectivity index (χ0) is 22.0. The highest BCUT2D eigenvalue weighted by Gasteiger charge is 2.30. The number of carbonyl (C=O) groups is 2. The molecule has 2 aromatic rings. The van der Waals surface area contributed by atoms with Crippen LogP contribution in [-0.2, 0) is 15.8 Å². The number of anilines is 2. The molecule has 0 unspecified atom stereocenters. The van der Waals surface area contributed by atoms with Crippen LogP contribution in [0, 0.1) is 6.92 Å². The molecule has 1 aromatic carbocycles. The first-order valence-corrected chi connectivity index (χ1v) is 10.4. The van der Waals surface area contributed by atoms with Crippen molar-refractivity contribution in [2.75, 3.05) is 35.2 Å². The van der Waals surface area contributed by atoms with E-state index in [4.69, 9.17) is 0 Å². The summed E-state index contributed by atoms with van der Waals surface area (Å²) in [5, 5.41) is 8.40. The second-order valence-electron chi connectivity index (χ2n) is 6.47. The van der Waals surface area contributed by atoms with E-state index < -0.39 is 11.7 Å². The Balaban J connectivity index is 1.54. The minimum absolute atomic E-state index is 0.162. The van der Waals surface area contributed by atoms with Gasteiger partial charge in [-0.2, -0.15) is 13.2 Å². The summed E-state index contributed by atoms with van der Waals surface area (Å²) in [6.45, 7) is 2.79. The Bertz CT molecular complexity index is 845. The van der Waals surface area contributed by atoms with E-state index in [2.05, 4.69) is 20.9 Å². The molecule has 0 saturated heterocycles. The average Bonchev–Trinajstić information content (AvgIpc) is 2.67. The predicted octanol–water partition coefficient (Wildman–Crippen LogP) is 3.70. The molecular formula is C20H23F3N4O2S. The fraction of sp³-hybridized carbons (Fsp3) is 0.350. The van der Waals surface area contributed by atoms with Crippen molar-refractivity contribution in [3.63, 3.8) is 0 Å². The van der Waals surface area contributed by atoms with E-state index in [0.29, 0.717) is 25.3 Å². The Morgan fingerprint density at radius 3 is 2.50 bits per heavy atom. The van der Waals surface area contributed by atoms with Crippen LogP contribution in [0.5, 0.6) is 0 Å². The highest BCUT2D eigenvalue weighted by atomic mass is 32.2. The van der Waals surface area contributed by atoms with E-state index >= 15 is 0 Å². The fourth-order valence-corrected chi connectivity index (χ4v) is 3.05. The van der Waals surface area contributed by atoms with E-state index in [1.165, 1.54) is 17.8 Å². The minimum Gasteiger partial charge on any atom is -0.370 e. The smallest absolute Gasteiger partial charge is 0.370 e. The second kappa shape index (κ2) is 11.4. The van der Waals surface area contributed by atoms with Crippen molar-refractivity contribution in [2.24, 2.45) is 0 Å². The van der Waals surface area contributed by atoms with Gasteiger partial charge in [-0.15, -0.1) is 11.8 Å². The Labute approximate surface area is 177 Å². The van der Waals surface area contributed by atoms with Gasteiger partial charge >= 0.3 is 6.18 Å². The monoisotopic (exact) mass is 440 g/mol. The molecule has 10 heteroatoms. The first-order chi connectivity index (χ1) is 14.2. The molecular weight excluding hydrogens is 417 g/mol. The number of hydrogen-bond donors (Lipinski definition) is 3. The topological polar surface area (TPSA) is 83.1 Å². The largest absolute Gasteiger partial charge is 0.417 e. The number of halogens is 3. The van der Waals surface area contributed by atoms with E-state index in [1.54, 1.807) is 6.07 Å². The van der Waals surface area contributed by atoms with Crippen molar-refractivity contribution < 1.29 is 22.8 Å². The molecule has 0 saturated carbocycles. The van der Waals surface area contributed by atoms with Gasteiger partial charge in [0.25, 0.3) is 0 Å². The first-order valence-electron chi connectivity index (χ1n) is 9.22. The number of alkyl halides is 3. The molecule has 1 heterocycles. The summed E-state index contributed by atoms with van der Waals surface area (Å²) in [6, 6.07) is 9.68. The number of carbonyl (C=O) groups excluding carboxylic acids is 2. The summed E-state index contributed by atoms with van der Waals surface area (Å²) in [5.41, 5.74) is 0.967. The Hall–Kier alpha value is -2.75. The lowest BCUT2D eigenvalue weighted by Crippen LogP contribution is -2.28. The third kappa shape index (κ3) is 8.73. The van der Waals surface area contributed by atoms with Crippen LogP contribution in [0.2, 0.25) is 0 Å². The number of benzene rings is 1. The number of hydrogen-bond acceptors (Lipinski definition) is 5. The van der Waals surface area contributed by atoms with Gasteiger partial charge in [-0.05, 0) is 43.2 Å². The summed E-state index contributed by atoms with van der Waals surface area (Å²) in [6.07, 6.45) is -3.06. The molecule has 3 N–H and O–H groups in total. The van der Waals surface area contributed by atoms with E-state index in [9.17, 15) is 22.8 Å². The quantitative estimate of drug-likeness (QED) is 0.491. The summed E-state index contributed by atoms with van der Waals surface area (Å²) in [4.78, 5) is 27.4. The van der Waals surface area contributed by atoms with Gasteiger partial charge in [0.1, 0.15) is 5.82 Å². The van der Waals surface area contributed by atoms with Crippen LogP contribution >= 0.6 is 11.8 Å². The first kappa shape index (κ1) is 23.5. The summed E-state index contributed by atoms with van der Waals surface area (Å²) in [7, 11) is 0. The predicted molar refractivity (Wildman–Crippen MR) is 112 cm³/mol. The maximum atomic E-state index is 12.5. The maximum Gasteiger partial charge on any atom is 0.417 e. The van der Waals surface area contributed by atoms with Gasteiger partial charge in [-0.1, -0.05) is 12.1 Å². The third-order valence-electron chi connectivity index (χ3n) is 3.84. The van der Waals surface area contributed by atoms with Crippen molar-refractivity contribution in [3.8, 4) is 0 Å². The van der Waals surface area contributed by atoms with Crippen LogP contribution in [0.15, 0.2) is 42.6 Å². The molecule has 2 rings (SSSR count). The van der Waals surface area contributed by atoms with Crippen LogP contribution in [0.4, 0.5) is 24.7 Å². The number of nitrogens with one attached hydrogen (secondary N) is 3. The van der Waals surface area contributed by atoms with Crippen molar-refractivity contribution in [1.29, 1.82) is 0 Å². The molecule has 6 nitrogen and oxygen atoms in total. The highest BCUT2D eigenvalue weighted by Crippen LogP contribution is 2.28. The lowest BCUT2D eigenvalue weighted by Gasteiger charge is -2.09. The molecule has 0 aliphatic carbocycles. The van der Waals surface area contributed by atoms with Crippen molar-refractivity contribution >= 4 is 35.1 Å². The average molecular weight is 440 g/mol.